The van der Waals surface area contributed by atoms with Crippen LogP contribution in [0.1, 0.15) is 53.5 Å². The van der Waals surface area contributed by atoms with Crippen LogP contribution in [0.25, 0.3) is 0 Å². The molecule has 0 saturated carbocycles. The van der Waals surface area contributed by atoms with Gasteiger partial charge in [-0.1, -0.05) is 44.2 Å². The van der Waals surface area contributed by atoms with E-state index in [2.05, 4.69) is 20.7 Å². The van der Waals surface area contributed by atoms with Gasteiger partial charge < -0.3 is 30.5 Å². The minimum absolute atomic E-state index is 0.0144. The zero-order valence-corrected chi connectivity index (χ0v) is 21.6. The van der Waals surface area contributed by atoms with Crippen molar-refractivity contribution in [2.75, 3.05) is 7.11 Å². The number of benzene rings is 1. The van der Waals surface area contributed by atoms with Gasteiger partial charge in [-0.25, -0.2) is 9.59 Å². The third-order valence-electron chi connectivity index (χ3n) is 4.87. The predicted octanol–water partition coefficient (Wildman–Crippen LogP) is 1.69. The summed E-state index contributed by atoms with van der Waals surface area (Å²) in [7, 11) is 1.15. The number of alkyl carbamates (subject to hydrolysis) is 1. The molecular formula is C25H39N3O7. The van der Waals surface area contributed by atoms with E-state index in [-0.39, 0.29) is 18.8 Å². The summed E-state index contributed by atoms with van der Waals surface area (Å²) < 4.78 is 9.94. The van der Waals surface area contributed by atoms with E-state index in [4.69, 9.17) is 4.74 Å². The average Bonchev–Trinajstić information content (AvgIpc) is 2.74. The van der Waals surface area contributed by atoms with Crippen LogP contribution < -0.4 is 16.0 Å². The van der Waals surface area contributed by atoms with E-state index in [9.17, 15) is 24.3 Å². The van der Waals surface area contributed by atoms with E-state index < -0.39 is 53.7 Å². The maximum atomic E-state index is 13.3. The molecule has 0 heterocycles. The van der Waals surface area contributed by atoms with Crippen LogP contribution in [0.5, 0.6) is 0 Å². The van der Waals surface area contributed by atoms with Crippen molar-refractivity contribution in [3.8, 4) is 0 Å². The third-order valence-corrected chi connectivity index (χ3v) is 4.87. The first-order valence-electron chi connectivity index (χ1n) is 11.6. The fraction of sp³-hybridized carbons (Fsp3) is 0.600. The summed E-state index contributed by atoms with van der Waals surface area (Å²) in [6, 6.07) is 5.76. The highest BCUT2D eigenvalue weighted by Crippen LogP contribution is 2.11. The molecule has 1 aromatic rings. The number of ether oxygens (including phenoxy) is 2. The van der Waals surface area contributed by atoms with Gasteiger partial charge in [0.15, 0.2) is 6.04 Å². The van der Waals surface area contributed by atoms with Crippen LogP contribution >= 0.6 is 0 Å². The molecule has 4 N–H and O–H groups in total. The molecule has 0 aromatic heterocycles. The SMILES string of the molecule is COC(=O)C(NC(=O)[C@@H](CC(C)C)NC(=O)C(Cc1ccccc1)NC(=O)OC(C)(C)C)C(C)O. The minimum Gasteiger partial charge on any atom is -0.467 e. The van der Waals surface area contributed by atoms with E-state index in [1.807, 2.05) is 44.2 Å². The molecule has 1 rings (SSSR count). The van der Waals surface area contributed by atoms with Gasteiger partial charge in [0.2, 0.25) is 11.8 Å². The third kappa shape index (κ3) is 11.2. The molecule has 4 atom stereocenters. The van der Waals surface area contributed by atoms with Gasteiger partial charge in [-0.15, -0.1) is 0 Å². The summed E-state index contributed by atoms with van der Waals surface area (Å²) in [6.45, 7) is 10.2. The summed E-state index contributed by atoms with van der Waals surface area (Å²) in [5.74, 6) is -2.04. The molecule has 0 aliphatic rings. The summed E-state index contributed by atoms with van der Waals surface area (Å²) in [6.07, 6.45) is -1.55. The van der Waals surface area contributed by atoms with E-state index in [1.165, 1.54) is 6.92 Å². The molecular weight excluding hydrogens is 454 g/mol. The average molecular weight is 494 g/mol. The second-order valence-corrected chi connectivity index (χ2v) is 9.83. The maximum Gasteiger partial charge on any atom is 0.408 e. The van der Waals surface area contributed by atoms with Gasteiger partial charge >= 0.3 is 12.1 Å². The fourth-order valence-electron chi connectivity index (χ4n) is 3.24. The van der Waals surface area contributed by atoms with Crippen LogP contribution in [0.4, 0.5) is 4.79 Å². The summed E-state index contributed by atoms with van der Waals surface area (Å²) in [4.78, 5) is 50.6. The monoisotopic (exact) mass is 493 g/mol. The molecule has 0 fully saturated rings. The Kier molecular flexibility index (Phi) is 11.7. The molecule has 3 amide bonds. The van der Waals surface area contributed by atoms with Gasteiger partial charge in [-0.2, -0.15) is 0 Å². The lowest BCUT2D eigenvalue weighted by Crippen LogP contribution is -2.58. The van der Waals surface area contributed by atoms with Gasteiger partial charge in [-0.3, -0.25) is 9.59 Å². The standard InChI is InChI=1S/C25H39N3O7/c1-15(2)13-18(22(31)28-20(16(3)29)23(32)34-7)26-21(30)19(14-17-11-9-8-10-12-17)27-24(33)35-25(4,5)6/h8-12,15-16,18-20,29H,13-14H2,1-7H3,(H,26,30)(H,27,33)(H,28,31)/t16?,18-,19?,20?/m1/s1. The number of methoxy groups -OCH3 is 1. The predicted molar refractivity (Wildman–Crippen MR) is 130 cm³/mol. The number of carbonyl (C=O) groups excluding carboxylic acids is 4. The highest BCUT2D eigenvalue weighted by molar-refractivity contribution is 5.93. The quantitative estimate of drug-likeness (QED) is 0.344. The Balaban J connectivity index is 3.10. The minimum atomic E-state index is -1.29. The number of hydrogen-bond donors (Lipinski definition) is 4. The van der Waals surface area contributed by atoms with Gasteiger partial charge in [0.25, 0.3) is 0 Å². The van der Waals surface area contributed by atoms with Crippen molar-refractivity contribution in [1.29, 1.82) is 0 Å². The molecule has 0 spiro atoms. The van der Waals surface area contributed by atoms with Crippen LogP contribution in [-0.2, 0) is 30.3 Å². The van der Waals surface area contributed by atoms with Gasteiger partial charge in [0.1, 0.15) is 17.7 Å². The summed E-state index contributed by atoms with van der Waals surface area (Å²) >= 11 is 0. The summed E-state index contributed by atoms with van der Waals surface area (Å²) in [5, 5.41) is 17.6. The van der Waals surface area contributed by atoms with E-state index in [0.717, 1.165) is 12.7 Å². The maximum absolute atomic E-state index is 13.3. The van der Waals surface area contributed by atoms with Crippen molar-refractivity contribution < 1.29 is 33.8 Å². The molecule has 0 radical (unpaired) electrons. The van der Waals surface area contributed by atoms with Crippen LogP contribution in [0, 0.1) is 5.92 Å². The smallest absolute Gasteiger partial charge is 0.408 e. The normalized spacial score (nSPS) is 14.8. The molecule has 10 heteroatoms. The Morgan fingerprint density at radius 3 is 1.97 bits per heavy atom. The van der Waals surface area contributed by atoms with E-state index in [1.54, 1.807) is 20.8 Å². The highest BCUT2D eigenvalue weighted by Gasteiger charge is 2.33. The molecule has 1 aromatic carbocycles. The Hall–Kier alpha value is -3.14. The number of esters is 1. The molecule has 0 saturated heterocycles. The number of hydrogen-bond acceptors (Lipinski definition) is 7. The van der Waals surface area contributed by atoms with Crippen LogP contribution in [0.15, 0.2) is 30.3 Å². The summed E-state index contributed by atoms with van der Waals surface area (Å²) in [5.41, 5.74) is 0.0374. The van der Waals surface area contributed by atoms with Crippen molar-refractivity contribution in [3.05, 3.63) is 35.9 Å². The first-order chi connectivity index (χ1) is 16.2. The molecule has 10 nitrogen and oxygen atoms in total. The van der Waals surface area contributed by atoms with Crippen molar-refractivity contribution in [3.63, 3.8) is 0 Å². The second-order valence-electron chi connectivity index (χ2n) is 9.83. The topological polar surface area (TPSA) is 143 Å². The first kappa shape index (κ1) is 29.9. The van der Waals surface area contributed by atoms with E-state index in [0.29, 0.717) is 0 Å². The van der Waals surface area contributed by atoms with Crippen LogP contribution in [0.2, 0.25) is 0 Å². The largest absolute Gasteiger partial charge is 0.467 e. The van der Waals surface area contributed by atoms with Crippen LogP contribution in [-0.4, -0.2) is 65.9 Å². The molecule has 0 aliphatic heterocycles. The number of aliphatic hydroxyl groups excluding tert-OH is 1. The number of nitrogens with one attached hydrogen (secondary N) is 3. The first-order valence-corrected chi connectivity index (χ1v) is 11.6. The number of rotatable bonds is 11. The van der Waals surface area contributed by atoms with Gasteiger partial charge in [0, 0.05) is 6.42 Å². The van der Waals surface area contributed by atoms with Gasteiger partial charge in [-0.05, 0) is 45.6 Å². The second kappa shape index (κ2) is 13.7. The van der Waals surface area contributed by atoms with E-state index >= 15 is 0 Å². The van der Waals surface area contributed by atoms with Crippen molar-refractivity contribution in [2.24, 2.45) is 5.92 Å². The number of carbonyl (C=O) groups is 4. The zero-order valence-electron chi connectivity index (χ0n) is 21.6. The Morgan fingerprint density at radius 2 is 1.49 bits per heavy atom. The molecule has 196 valence electrons. The number of amides is 3. The Morgan fingerprint density at radius 1 is 0.914 bits per heavy atom. The molecule has 0 aliphatic carbocycles. The molecule has 3 unspecified atom stereocenters. The Bertz CT molecular complexity index is 850. The zero-order chi connectivity index (χ0) is 26.8. The lowest BCUT2D eigenvalue weighted by atomic mass is 10.0. The highest BCUT2D eigenvalue weighted by atomic mass is 16.6. The van der Waals surface area contributed by atoms with Crippen molar-refractivity contribution in [2.45, 2.75) is 84.2 Å². The molecule has 35 heavy (non-hydrogen) atoms. The van der Waals surface area contributed by atoms with Gasteiger partial charge in [0.05, 0.1) is 13.2 Å². The fourth-order valence-corrected chi connectivity index (χ4v) is 3.24. The lowest BCUT2D eigenvalue weighted by molar-refractivity contribution is -0.148. The van der Waals surface area contributed by atoms with Crippen LogP contribution in [0.3, 0.4) is 0 Å². The van der Waals surface area contributed by atoms with Crippen molar-refractivity contribution >= 4 is 23.9 Å². The molecule has 0 bridgehead atoms. The number of aliphatic hydroxyl groups is 1. The lowest BCUT2D eigenvalue weighted by Gasteiger charge is -2.27. The Labute approximate surface area is 207 Å². The van der Waals surface area contributed by atoms with Crippen molar-refractivity contribution in [1.82, 2.24) is 16.0 Å².